The smallest absolute Gasteiger partial charge is 0.284 e. The Kier molecular flexibility index (Phi) is 7.89. The number of nitrogens with one attached hydrogen (secondary N) is 2. The van der Waals surface area contributed by atoms with E-state index in [1.807, 2.05) is 0 Å². The quantitative estimate of drug-likeness (QED) is 0.363. The van der Waals surface area contributed by atoms with E-state index in [2.05, 4.69) is 20.8 Å². The maximum absolute atomic E-state index is 13.7. The zero-order chi connectivity index (χ0) is 28.1. The highest BCUT2D eigenvalue weighted by atomic mass is 19.1. The molecule has 204 valence electrons. The van der Waals surface area contributed by atoms with Crippen LogP contribution in [0.2, 0.25) is 0 Å². The number of amides is 2. The van der Waals surface area contributed by atoms with Crippen molar-refractivity contribution in [3.05, 3.63) is 106 Å². The van der Waals surface area contributed by atoms with E-state index >= 15 is 0 Å². The number of aromatic nitrogens is 3. The Labute approximate surface area is 228 Å². The first-order chi connectivity index (χ1) is 19.4. The van der Waals surface area contributed by atoms with Gasteiger partial charge in [0.1, 0.15) is 23.0 Å². The van der Waals surface area contributed by atoms with E-state index in [-0.39, 0.29) is 23.0 Å². The van der Waals surface area contributed by atoms with Crippen LogP contribution in [0.4, 0.5) is 10.1 Å². The fourth-order valence-electron chi connectivity index (χ4n) is 3.97. The Morgan fingerprint density at radius 3 is 2.50 bits per heavy atom. The molecule has 1 saturated heterocycles. The van der Waals surface area contributed by atoms with Crippen LogP contribution in [0.25, 0.3) is 5.69 Å². The number of pyridine rings is 1. The van der Waals surface area contributed by atoms with E-state index in [1.165, 1.54) is 36.5 Å². The number of hydrogen-bond acceptors (Lipinski definition) is 8. The Morgan fingerprint density at radius 2 is 1.75 bits per heavy atom. The van der Waals surface area contributed by atoms with Crippen molar-refractivity contribution in [2.75, 3.05) is 31.6 Å². The second-order valence-corrected chi connectivity index (χ2v) is 8.90. The number of anilines is 1. The van der Waals surface area contributed by atoms with Gasteiger partial charge in [0.2, 0.25) is 0 Å². The van der Waals surface area contributed by atoms with Crippen LogP contribution >= 0.6 is 0 Å². The molecule has 11 nitrogen and oxygen atoms in total. The average Bonchev–Trinajstić information content (AvgIpc) is 2.95. The predicted molar refractivity (Wildman–Crippen MR) is 143 cm³/mol. The summed E-state index contributed by atoms with van der Waals surface area (Å²) in [6, 6.07) is 16.4. The zero-order valence-corrected chi connectivity index (χ0v) is 21.5. The number of hydrogen-bond donors (Lipinski definition) is 2. The Bertz CT molecular complexity index is 1600. The van der Waals surface area contributed by atoms with E-state index in [9.17, 15) is 18.8 Å². The molecule has 1 aliphatic rings. The molecule has 2 aromatic carbocycles. The maximum atomic E-state index is 13.7. The van der Waals surface area contributed by atoms with Crippen LogP contribution in [0.1, 0.15) is 26.5 Å². The van der Waals surface area contributed by atoms with Crippen LogP contribution in [-0.2, 0) is 4.74 Å². The Morgan fingerprint density at radius 1 is 0.975 bits per heavy atom. The molecule has 1 aliphatic heterocycles. The molecule has 2 aromatic heterocycles. The summed E-state index contributed by atoms with van der Waals surface area (Å²) in [5.74, 6) is -0.533. The van der Waals surface area contributed by atoms with Crippen LogP contribution in [0.3, 0.4) is 0 Å². The summed E-state index contributed by atoms with van der Waals surface area (Å²) in [5, 5.41) is 8.68. The normalized spacial score (nSPS) is 13.4. The molecule has 2 amide bonds. The predicted octanol–water partition coefficient (Wildman–Crippen LogP) is 3.10. The van der Waals surface area contributed by atoms with Crippen molar-refractivity contribution in [3.63, 3.8) is 0 Å². The lowest BCUT2D eigenvalue weighted by Crippen LogP contribution is -2.48. The number of halogens is 1. The van der Waals surface area contributed by atoms with Gasteiger partial charge >= 0.3 is 0 Å². The molecule has 0 aliphatic carbocycles. The third-order valence-corrected chi connectivity index (χ3v) is 5.97. The van der Waals surface area contributed by atoms with E-state index in [0.29, 0.717) is 49.1 Å². The molecular formula is C28H25FN6O5. The van der Waals surface area contributed by atoms with Gasteiger partial charge in [0.15, 0.2) is 5.69 Å². The summed E-state index contributed by atoms with van der Waals surface area (Å²) >= 11 is 0. The lowest BCUT2D eigenvalue weighted by Gasteiger charge is -2.26. The Balaban J connectivity index is 1.25. The second kappa shape index (κ2) is 11.8. The first-order valence-corrected chi connectivity index (χ1v) is 12.4. The van der Waals surface area contributed by atoms with Crippen LogP contribution in [-0.4, -0.2) is 57.9 Å². The van der Waals surface area contributed by atoms with Crippen molar-refractivity contribution < 1.29 is 23.5 Å². The lowest BCUT2D eigenvalue weighted by atomic mass is 10.2. The minimum Gasteiger partial charge on any atom is -0.457 e. The largest absolute Gasteiger partial charge is 0.457 e. The number of carbonyl (C=O) groups excluding carboxylic acids is 2. The van der Waals surface area contributed by atoms with Gasteiger partial charge in [0.25, 0.3) is 17.4 Å². The number of ether oxygens (including phenoxy) is 2. The molecule has 40 heavy (non-hydrogen) atoms. The molecular weight excluding hydrogens is 519 g/mol. The van der Waals surface area contributed by atoms with Crippen molar-refractivity contribution in [3.8, 4) is 17.2 Å². The standard InChI is InChI=1S/C28H25FN6O5/c1-18-15-25(36)35(21-4-2-3-19(29)16-21)32-26(18)28(38)31-20-5-7-22(8-6-20)40-23-9-10-30-24(17-23)27(37)33-34-11-13-39-14-12-34/h2-10,15-17H,11-14H2,1H3,(H,31,38)(H,33,37). The van der Waals surface area contributed by atoms with Gasteiger partial charge in [-0.3, -0.25) is 24.8 Å². The zero-order valence-electron chi connectivity index (χ0n) is 21.5. The Hall–Kier alpha value is -4.94. The number of aryl methyl sites for hydroxylation is 1. The van der Waals surface area contributed by atoms with Gasteiger partial charge in [-0.05, 0) is 61.0 Å². The number of carbonyl (C=O) groups is 2. The first kappa shape index (κ1) is 26.7. The van der Waals surface area contributed by atoms with Crippen molar-refractivity contribution in [2.24, 2.45) is 0 Å². The topological polar surface area (TPSA) is 128 Å². The van der Waals surface area contributed by atoms with E-state index in [1.54, 1.807) is 42.3 Å². The van der Waals surface area contributed by atoms with Gasteiger partial charge in [0, 0.05) is 37.1 Å². The molecule has 0 radical (unpaired) electrons. The molecule has 2 N–H and O–H groups in total. The molecule has 12 heteroatoms. The first-order valence-electron chi connectivity index (χ1n) is 12.4. The van der Waals surface area contributed by atoms with Crippen LogP contribution in [0, 0.1) is 12.7 Å². The van der Waals surface area contributed by atoms with Crippen molar-refractivity contribution in [1.29, 1.82) is 0 Å². The van der Waals surface area contributed by atoms with Crippen molar-refractivity contribution in [1.82, 2.24) is 25.2 Å². The average molecular weight is 545 g/mol. The van der Waals surface area contributed by atoms with E-state index in [0.717, 1.165) is 10.7 Å². The van der Waals surface area contributed by atoms with Crippen molar-refractivity contribution in [2.45, 2.75) is 6.92 Å². The van der Waals surface area contributed by atoms with Crippen LogP contribution in [0.5, 0.6) is 11.5 Å². The van der Waals surface area contributed by atoms with Gasteiger partial charge in [-0.2, -0.15) is 9.78 Å². The molecule has 1 fully saturated rings. The summed E-state index contributed by atoms with van der Waals surface area (Å²) in [4.78, 5) is 42.1. The lowest BCUT2D eigenvalue weighted by molar-refractivity contribution is 0.0124. The SMILES string of the molecule is Cc1cc(=O)n(-c2cccc(F)c2)nc1C(=O)Nc1ccc(Oc2ccnc(C(=O)NN3CCOCC3)c2)cc1. The summed E-state index contributed by atoms with van der Waals surface area (Å²) in [7, 11) is 0. The number of benzene rings is 2. The molecule has 3 heterocycles. The summed E-state index contributed by atoms with van der Waals surface area (Å²) in [6.07, 6.45) is 1.48. The monoisotopic (exact) mass is 544 g/mol. The van der Waals surface area contributed by atoms with E-state index < -0.39 is 17.3 Å². The highest BCUT2D eigenvalue weighted by Crippen LogP contribution is 2.24. The fourth-order valence-corrected chi connectivity index (χ4v) is 3.97. The number of nitrogens with zero attached hydrogens (tertiary/aromatic N) is 4. The fraction of sp³-hybridized carbons (Fsp3) is 0.179. The molecule has 5 rings (SSSR count). The summed E-state index contributed by atoms with van der Waals surface area (Å²) in [5.41, 5.74) is 3.58. The highest BCUT2D eigenvalue weighted by molar-refractivity contribution is 6.03. The maximum Gasteiger partial charge on any atom is 0.284 e. The molecule has 0 bridgehead atoms. The van der Waals surface area contributed by atoms with Crippen molar-refractivity contribution >= 4 is 17.5 Å². The molecule has 0 unspecified atom stereocenters. The molecule has 0 spiro atoms. The van der Waals surface area contributed by atoms with Crippen LogP contribution < -0.4 is 21.0 Å². The summed E-state index contributed by atoms with van der Waals surface area (Å²) in [6.45, 7) is 3.88. The van der Waals surface area contributed by atoms with Gasteiger partial charge in [-0.1, -0.05) is 6.07 Å². The number of rotatable bonds is 7. The van der Waals surface area contributed by atoms with Gasteiger partial charge in [-0.25, -0.2) is 9.40 Å². The molecule has 0 saturated carbocycles. The van der Waals surface area contributed by atoms with Gasteiger partial charge in [0.05, 0.1) is 18.9 Å². The number of morpholine rings is 1. The molecule has 0 atom stereocenters. The molecule has 4 aromatic rings. The minimum absolute atomic E-state index is 0.0175. The summed E-state index contributed by atoms with van der Waals surface area (Å²) < 4.78 is 25.8. The third-order valence-electron chi connectivity index (χ3n) is 5.97. The van der Waals surface area contributed by atoms with Gasteiger partial charge in [-0.15, -0.1) is 0 Å². The van der Waals surface area contributed by atoms with Gasteiger partial charge < -0.3 is 14.8 Å². The number of hydrazine groups is 1. The second-order valence-electron chi connectivity index (χ2n) is 8.90. The third kappa shape index (κ3) is 6.37. The minimum atomic E-state index is -0.540. The van der Waals surface area contributed by atoms with Crippen LogP contribution in [0.15, 0.2) is 77.7 Å². The van der Waals surface area contributed by atoms with E-state index in [4.69, 9.17) is 9.47 Å². The highest BCUT2D eigenvalue weighted by Gasteiger charge is 2.17.